The summed E-state index contributed by atoms with van der Waals surface area (Å²) >= 11 is 9.19. The van der Waals surface area contributed by atoms with Crippen LogP contribution in [-0.2, 0) is 4.79 Å². The number of aromatic carboxylic acids is 1. The molecule has 0 saturated heterocycles. The van der Waals surface area contributed by atoms with E-state index in [2.05, 4.69) is 21.2 Å². The van der Waals surface area contributed by atoms with Gasteiger partial charge in [0.2, 0.25) is 0 Å². The zero-order valence-electron chi connectivity index (χ0n) is 14.6. The Hall–Kier alpha value is -3.34. The SMILES string of the molecule is N#C/C(=C\c1ccc(-c2ccc(Cl)c(C(=O)O)c2)o1)C(=O)Nc1ccc(Br)cc1. The van der Waals surface area contributed by atoms with Crippen molar-refractivity contribution in [2.24, 2.45) is 0 Å². The zero-order valence-corrected chi connectivity index (χ0v) is 17.0. The zero-order chi connectivity index (χ0) is 21.0. The Morgan fingerprint density at radius 2 is 1.86 bits per heavy atom. The van der Waals surface area contributed by atoms with Gasteiger partial charge in [-0.05, 0) is 54.6 Å². The van der Waals surface area contributed by atoms with Crippen molar-refractivity contribution in [1.82, 2.24) is 0 Å². The topological polar surface area (TPSA) is 103 Å². The Morgan fingerprint density at radius 3 is 2.52 bits per heavy atom. The summed E-state index contributed by atoms with van der Waals surface area (Å²) in [7, 11) is 0. The number of carboxylic acid groups (broad SMARTS) is 1. The van der Waals surface area contributed by atoms with Crippen LogP contribution in [0.5, 0.6) is 0 Å². The van der Waals surface area contributed by atoms with E-state index in [1.807, 2.05) is 6.07 Å². The lowest BCUT2D eigenvalue weighted by Crippen LogP contribution is -2.13. The first-order chi connectivity index (χ1) is 13.9. The molecule has 0 fully saturated rings. The molecule has 3 aromatic rings. The number of benzene rings is 2. The molecule has 0 atom stereocenters. The average molecular weight is 472 g/mol. The first kappa shape index (κ1) is 20.4. The molecule has 0 radical (unpaired) electrons. The maximum Gasteiger partial charge on any atom is 0.337 e. The molecule has 1 heterocycles. The van der Waals surface area contributed by atoms with E-state index < -0.39 is 11.9 Å². The Bertz CT molecular complexity index is 1160. The molecule has 0 saturated carbocycles. The Kier molecular flexibility index (Phi) is 6.17. The number of halogens is 2. The fourth-order valence-corrected chi connectivity index (χ4v) is 2.91. The van der Waals surface area contributed by atoms with Gasteiger partial charge in [0.05, 0.1) is 10.6 Å². The van der Waals surface area contributed by atoms with Crippen molar-refractivity contribution in [2.75, 3.05) is 5.32 Å². The van der Waals surface area contributed by atoms with Crippen LogP contribution in [-0.4, -0.2) is 17.0 Å². The normalized spacial score (nSPS) is 11.0. The summed E-state index contributed by atoms with van der Waals surface area (Å²) in [6.07, 6.45) is 1.31. The van der Waals surface area contributed by atoms with Gasteiger partial charge in [0.25, 0.3) is 5.91 Å². The standard InChI is InChI=1S/C21H12BrClN2O4/c22-14-2-4-15(5-3-14)25-20(26)13(11-24)9-16-6-8-19(29-16)12-1-7-18(23)17(10-12)21(27)28/h1-10H,(H,25,26)(H,27,28)/b13-9+. The van der Waals surface area contributed by atoms with Crippen LogP contribution >= 0.6 is 27.5 Å². The number of carbonyl (C=O) groups excluding carboxylic acids is 1. The van der Waals surface area contributed by atoms with Crippen LogP contribution in [0.4, 0.5) is 5.69 Å². The van der Waals surface area contributed by atoms with E-state index in [4.69, 9.17) is 16.0 Å². The fraction of sp³-hybridized carbons (Fsp3) is 0. The van der Waals surface area contributed by atoms with Crippen molar-refractivity contribution in [3.05, 3.63) is 81.0 Å². The highest BCUT2D eigenvalue weighted by Crippen LogP contribution is 2.27. The summed E-state index contributed by atoms with van der Waals surface area (Å²) in [6, 6.07) is 16.4. The van der Waals surface area contributed by atoms with E-state index in [1.165, 1.54) is 18.2 Å². The first-order valence-corrected chi connectivity index (χ1v) is 9.36. The molecular weight excluding hydrogens is 460 g/mol. The van der Waals surface area contributed by atoms with Crippen molar-refractivity contribution in [3.8, 4) is 17.4 Å². The van der Waals surface area contributed by atoms with Crippen LogP contribution in [0.2, 0.25) is 5.02 Å². The van der Waals surface area contributed by atoms with Gasteiger partial charge in [0.15, 0.2) is 0 Å². The minimum atomic E-state index is -1.15. The van der Waals surface area contributed by atoms with Crippen LogP contribution in [0.15, 0.2) is 69.1 Å². The Morgan fingerprint density at radius 1 is 1.14 bits per heavy atom. The van der Waals surface area contributed by atoms with Crippen molar-refractivity contribution < 1.29 is 19.1 Å². The van der Waals surface area contributed by atoms with E-state index in [-0.39, 0.29) is 21.9 Å². The molecule has 2 aromatic carbocycles. The van der Waals surface area contributed by atoms with Crippen LogP contribution in [0.1, 0.15) is 16.1 Å². The second-order valence-electron chi connectivity index (χ2n) is 5.83. The lowest BCUT2D eigenvalue weighted by atomic mass is 10.1. The summed E-state index contributed by atoms with van der Waals surface area (Å²) in [5.74, 6) is -1.08. The quantitative estimate of drug-likeness (QED) is 0.372. The van der Waals surface area contributed by atoms with E-state index in [9.17, 15) is 20.0 Å². The van der Waals surface area contributed by atoms with Crippen LogP contribution in [0.3, 0.4) is 0 Å². The molecule has 6 nitrogen and oxygen atoms in total. The summed E-state index contributed by atoms with van der Waals surface area (Å²) in [5, 5.41) is 21.3. The Balaban J connectivity index is 1.83. The maximum atomic E-state index is 12.3. The monoisotopic (exact) mass is 470 g/mol. The fourth-order valence-electron chi connectivity index (χ4n) is 2.45. The van der Waals surface area contributed by atoms with Gasteiger partial charge in [-0.25, -0.2) is 4.79 Å². The number of anilines is 1. The predicted molar refractivity (Wildman–Crippen MR) is 112 cm³/mol. The summed E-state index contributed by atoms with van der Waals surface area (Å²) in [6.45, 7) is 0. The summed E-state index contributed by atoms with van der Waals surface area (Å²) < 4.78 is 6.51. The second kappa shape index (κ2) is 8.78. The van der Waals surface area contributed by atoms with Gasteiger partial charge < -0.3 is 14.8 Å². The maximum absolute atomic E-state index is 12.3. The molecular formula is C21H12BrClN2O4. The molecule has 0 aliphatic rings. The first-order valence-electron chi connectivity index (χ1n) is 8.19. The molecule has 144 valence electrons. The van der Waals surface area contributed by atoms with Crippen LogP contribution in [0, 0.1) is 11.3 Å². The highest BCUT2D eigenvalue weighted by molar-refractivity contribution is 9.10. The third kappa shape index (κ3) is 4.93. The second-order valence-corrected chi connectivity index (χ2v) is 7.16. The highest BCUT2D eigenvalue weighted by atomic mass is 79.9. The molecule has 0 spiro atoms. The van der Waals surface area contributed by atoms with Crippen molar-refractivity contribution in [1.29, 1.82) is 5.26 Å². The van der Waals surface area contributed by atoms with Gasteiger partial charge in [0.1, 0.15) is 23.2 Å². The van der Waals surface area contributed by atoms with Gasteiger partial charge in [-0.1, -0.05) is 27.5 Å². The molecule has 0 unspecified atom stereocenters. The van der Waals surface area contributed by atoms with Gasteiger partial charge in [-0.2, -0.15) is 5.26 Å². The third-order valence-corrected chi connectivity index (χ3v) is 4.72. The molecule has 0 aliphatic carbocycles. The third-order valence-electron chi connectivity index (χ3n) is 3.86. The van der Waals surface area contributed by atoms with Crippen LogP contribution < -0.4 is 5.32 Å². The van der Waals surface area contributed by atoms with Crippen molar-refractivity contribution in [2.45, 2.75) is 0 Å². The number of rotatable bonds is 5. The Labute approximate surface area is 179 Å². The van der Waals surface area contributed by atoms with E-state index in [1.54, 1.807) is 42.5 Å². The highest BCUT2D eigenvalue weighted by Gasteiger charge is 2.14. The average Bonchev–Trinajstić information content (AvgIpc) is 3.16. The lowest BCUT2D eigenvalue weighted by molar-refractivity contribution is -0.112. The number of hydrogen-bond acceptors (Lipinski definition) is 4. The molecule has 8 heteroatoms. The lowest BCUT2D eigenvalue weighted by Gasteiger charge is -2.04. The molecule has 0 bridgehead atoms. The van der Waals surface area contributed by atoms with Gasteiger partial charge >= 0.3 is 5.97 Å². The number of carboxylic acids is 1. The number of nitrogens with one attached hydrogen (secondary N) is 1. The minimum Gasteiger partial charge on any atom is -0.478 e. The van der Waals surface area contributed by atoms with E-state index >= 15 is 0 Å². The number of amides is 1. The predicted octanol–water partition coefficient (Wildman–Crippen LogP) is 5.61. The van der Waals surface area contributed by atoms with Gasteiger partial charge in [0, 0.05) is 21.8 Å². The molecule has 1 amide bonds. The molecule has 29 heavy (non-hydrogen) atoms. The number of furan rings is 1. The van der Waals surface area contributed by atoms with Crippen molar-refractivity contribution in [3.63, 3.8) is 0 Å². The minimum absolute atomic E-state index is 0.0516. The molecule has 3 rings (SSSR count). The van der Waals surface area contributed by atoms with Gasteiger partial charge in [-0.15, -0.1) is 0 Å². The van der Waals surface area contributed by atoms with E-state index in [0.717, 1.165) is 4.47 Å². The van der Waals surface area contributed by atoms with Crippen molar-refractivity contribution >= 4 is 51.2 Å². The molecule has 2 N–H and O–H groups in total. The number of nitriles is 1. The van der Waals surface area contributed by atoms with E-state index in [0.29, 0.717) is 17.0 Å². The number of nitrogens with zero attached hydrogens (tertiary/aromatic N) is 1. The summed E-state index contributed by atoms with van der Waals surface area (Å²) in [4.78, 5) is 23.6. The summed E-state index contributed by atoms with van der Waals surface area (Å²) in [5.41, 5.74) is 0.853. The largest absolute Gasteiger partial charge is 0.478 e. The molecule has 1 aromatic heterocycles. The smallest absolute Gasteiger partial charge is 0.337 e. The van der Waals surface area contributed by atoms with Gasteiger partial charge in [-0.3, -0.25) is 4.79 Å². The van der Waals surface area contributed by atoms with Crippen LogP contribution in [0.25, 0.3) is 17.4 Å². The number of hydrogen-bond donors (Lipinski definition) is 2. The number of carbonyl (C=O) groups is 2. The molecule has 0 aliphatic heterocycles.